The van der Waals surface area contributed by atoms with Gasteiger partial charge >= 0.3 is 5.97 Å². The predicted octanol–water partition coefficient (Wildman–Crippen LogP) is 1.32. The van der Waals surface area contributed by atoms with Crippen molar-refractivity contribution in [3.8, 4) is 0 Å². The Labute approximate surface area is 108 Å². The Hall–Kier alpha value is -1.66. The Morgan fingerprint density at radius 3 is 2.78 bits per heavy atom. The molecule has 18 heavy (non-hydrogen) atoms. The number of morpholine rings is 1. The Balaban J connectivity index is 2.04. The van der Waals surface area contributed by atoms with Crippen LogP contribution in [0.3, 0.4) is 0 Å². The van der Waals surface area contributed by atoms with Crippen LogP contribution in [-0.4, -0.2) is 48.2 Å². The van der Waals surface area contributed by atoms with Crippen LogP contribution in [0.2, 0.25) is 0 Å². The van der Waals surface area contributed by atoms with Gasteiger partial charge in [0.25, 0.3) is 5.91 Å². The van der Waals surface area contributed by atoms with Crippen LogP contribution in [0.25, 0.3) is 6.08 Å². The lowest BCUT2D eigenvalue weighted by Gasteiger charge is -2.26. The van der Waals surface area contributed by atoms with Gasteiger partial charge in [-0.3, -0.25) is 4.79 Å². The molecule has 5 nitrogen and oxygen atoms in total. The third-order valence-electron chi connectivity index (χ3n) is 2.56. The summed E-state index contributed by atoms with van der Waals surface area (Å²) in [6, 6.07) is 1.71. The number of carbonyl (C=O) groups excluding carboxylic acids is 1. The van der Waals surface area contributed by atoms with Crippen LogP contribution in [0.15, 0.2) is 17.5 Å². The van der Waals surface area contributed by atoms with Crippen molar-refractivity contribution >= 4 is 29.3 Å². The highest BCUT2D eigenvalue weighted by Gasteiger charge is 2.19. The van der Waals surface area contributed by atoms with E-state index in [0.717, 1.165) is 11.0 Å². The van der Waals surface area contributed by atoms with E-state index in [4.69, 9.17) is 9.84 Å². The van der Waals surface area contributed by atoms with Crippen LogP contribution in [0.4, 0.5) is 0 Å². The first-order chi connectivity index (χ1) is 8.66. The topological polar surface area (TPSA) is 66.8 Å². The van der Waals surface area contributed by atoms with Crippen molar-refractivity contribution in [2.45, 2.75) is 0 Å². The molecule has 1 saturated heterocycles. The van der Waals surface area contributed by atoms with E-state index in [1.165, 1.54) is 17.4 Å². The van der Waals surface area contributed by atoms with Gasteiger partial charge in [-0.1, -0.05) is 0 Å². The molecule has 1 aromatic heterocycles. The second kappa shape index (κ2) is 5.79. The van der Waals surface area contributed by atoms with Crippen LogP contribution in [0.5, 0.6) is 0 Å². The van der Waals surface area contributed by atoms with Gasteiger partial charge in [0.05, 0.1) is 18.8 Å². The zero-order valence-corrected chi connectivity index (χ0v) is 10.5. The number of rotatable bonds is 3. The SMILES string of the molecule is O=C(O)C=Cc1cc(C(=O)N2CCOCC2)cs1. The molecular formula is C12H13NO4S. The number of carbonyl (C=O) groups is 2. The largest absolute Gasteiger partial charge is 0.478 e. The molecule has 0 saturated carbocycles. The Morgan fingerprint density at radius 1 is 1.39 bits per heavy atom. The summed E-state index contributed by atoms with van der Waals surface area (Å²) >= 11 is 1.35. The summed E-state index contributed by atoms with van der Waals surface area (Å²) in [7, 11) is 0. The molecule has 0 radical (unpaired) electrons. The number of carboxylic acid groups (broad SMARTS) is 1. The minimum atomic E-state index is -0.996. The molecule has 96 valence electrons. The molecule has 1 aliphatic heterocycles. The van der Waals surface area contributed by atoms with Crippen LogP contribution in [0, 0.1) is 0 Å². The minimum Gasteiger partial charge on any atom is -0.478 e. The third kappa shape index (κ3) is 3.18. The molecule has 0 aromatic carbocycles. The second-order valence-electron chi connectivity index (χ2n) is 3.81. The predicted molar refractivity (Wildman–Crippen MR) is 67.7 cm³/mol. The summed E-state index contributed by atoms with van der Waals surface area (Å²) in [6.45, 7) is 2.35. The zero-order chi connectivity index (χ0) is 13.0. The maximum Gasteiger partial charge on any atom is 0.328 e. The van der Waals surface area contributed by atoms with Gasteiger partial charge in [-0.15, -0.1) is 11.3 Å². The van der Waals surface area contributed by atoms with E-state index in [9.17, 15) is 9.59 Å². The highest BCUT2D eigenvalue weighted by Crippen LogP contribution is 2.18. The van der Waals surface area contributed by atoms with E-state index < -0.39 is 5.97 Å². The summed E-state index contributed by atoms with van der Waals surface area (Å²) in [4.78, 5) is 25.0. The molecule has 6 heteroatoms. The molecule has 1 aromatic rings. The molecule has 0 aliphatic carbocycles. The smallest absolute Gasteiger partial charge is 0.328 e. The second-order valence-corrected chi connectivity index (χ2v) is 4.76. The first-order valence-electron chi connectivity index (χ1n) is 5.53. The van der Waals surface area contributed by atoms with Gasteiger partial charge in [0.1, 0.15) is 0 Å². The van der Waals surface area contributed by atoms with Crippen molar-refractivity contribution in [2.24, 2.45) is 0 Å². The molecular weight excluding hydrogens is 254 g/mol. The molecule has 2 rings (SSSR count). The third-order valence-corrected chi connectivity index (χ3v) is 3.45. The van der Waals surface area contributed by atoms with Gasteiger partial charge in [-0.05, 0) is 12.1 Å². The normalized spacial score (nSPS) is 16.1. The summed E-state index contributed by atoms with van der Waals surface area (Å²) in [5, 5.41) is 10.3. The monoisotopic (exact) mass is 267 g/mol. The van der Waals surface area contributed by atoms with Crippen molar-refractivity contribution in [2.75, 3.05) is 26.3 Å². The maximum absolute atomic E-state index is 12.1. The molecule has 1 fully saturated rings. The van der Waals surface area contributed by atoms with E-state index in [2.05, 4.69) is 0 Å². The number of hydrogen-bond acceptors (Lipinski definition) is 4. The summed E-state index contributed by atoms with van der Waals surface area (Å²) in [5.41, 5.74) is 0.604. The fourth-order valence-electron chi connectivity index (χ4n) is 1.65. The molecule has 0 bridgehead atoms. The molecule has 0 spiro atoms. The minimum absolute atomic E-state index is 0.0236. The van der Waals surface area contributed by atoms with Crippen molar-refractivity contribution in [3.05, 3.63) is 28.0 Å². The fraction of sp³-hybridized carbons (Fsp3) is 0.333. The van der Waals surface area contributed by atoms with Gasteiger partial charge in [-0.2, -0.15) is 0 Å². The van der Waals surface area contributed by atoms with Crippen molar-refractivity contribution in [3.63, 3.8) is 0 Å². The molecule has 0 unspecified atom stereocenters. The highest BCUT2D eigenvalue weighted by molar-refractivity contribution is 7.11. The standard InChI is InChI=1S/C12H13NO4S/c14-11(15)2-1-10-7-9(8-18-10)12(16)13-3-5-17-6-4-13/h1-2,7-8H,3-6H2,(H,14,15). The number of ether oxygens (including phenoxy) is 1. The van der Waals surface area contributed by atoms with Crippen molar-refractivity contribution < 1.29 is 19.4 Å². The van der Waals surface area contributed by atoms with Crippen LogP contribution in [-0.2, 0) is 9.53 Å². The number of aliphatic carboxylic acids is 1. The van der Waals surface area contributed by atoms with Crippen LogP contribution in [0.1, 0.15) is 15.2 Å². The molecule has 2 heterocycles. The fourth-order valence-corrected chi connectivity index (χ4v) is 2.43. The van der Waals surface area contributed by atoms with Crippen molar-refractivity contribution in [1.29, 1.82) is 0 Å². The number of carboxylic acids is 1. The molecule has 1 N–H and O–H groups in total. The lowest BCUT2D eigenvalue weighted by molar-refractivity contribution is -0.131. The lowest BCUT2D eigenvalue weighted by atomic mass is 10.2. The van der Waals surface area contributed by atoms with Gasteiger partial charge in [0, 0.05) is 29.4 Å². The summed E-state index contributed by atoms with van der Waals surface area (Å²) in [6.07, 6.45) is 2.55. The Morgan fingerprint density at radius 2 is 2.11 bits per heavy atom. The first kappa shape index (κ1) is 12.8. The molecule has 0 atom stereocenters. The average molecular weight is 267 g/mol. The van der Waals surface area contributed by atoms with Gasteiger partial charge in [0.2, 0.25) is 0 Å². The highest BCUT2D eigenvalue weighted by atomic mass is 32.1. The van der Waals surface area contributed by atoms with E-state index in [0.29, 0.717) is 31.9 Å². The number of thiophene rings is 1. The van der Waals surface area contributed by atoms with E-state index in [1.807, 2.05) is 0 Å². The van der Waals surface area contributed by atoms with Crippen molar-refractivity contribution in [1.82, 2.24) is 4.90 Å². The number of hydrogen-bond donors (Lipinski definition) is 1. The Kier molecular flexibility index (Phi) is 4.11. The quantitative estimate of drug-likeness (QED) is 0.839. The van der Waals surface area contributed by atoms with E-state index >= 15 is 0 Å². The molecule has 1 aliphatic rings. The first-order valence-corrected chi connectivity index (χ1v) is 6.41. The zero-order valence-electron chi connectivity index (χ0n) is 9.67. The maximum atomic E-state index is 12.1. The van der Waals surface area contributed by atoms with Gasteiger partial charge in [-0.25, -0.2) is 4.79 Å². The number of amides is 1. The summed E-state index contributed by atoms with van der Waals surface area (Å²) in [5.74, 6) is -1.02. The Bertz CT molecular complexity index is 474. The van der Waals surface area contributed by atoms with Crippen LogP contribution < -0.4 is 0 Å². The van der Waals surface area contributed by atoms with Gasteiger partial charge in [0.15, 0.2) is 0 Å². The van der Waals surface area contributed by atoms with E-state index in [1.54, 1.807) is 16.3 Å². The average Bonchev–Trinajstić information content (AvgIpc) is 2.85. The molecule has 1 amide bonds. The van der Waals surface area contributed by atoms with E-state index in [-0.39, 0.29) is 5.91 Å². The summed E-state index contributed by atoms with van der Waals surface area (Å²) < 4.78 is 5.19. The van der Waals surface area contributed by atoms with Gasteiger partial charge < -0.3 is 14.7 Å². The number of nitrogens with zero attached hydrogens (tertiary/aromatic N) is 1. The lowest BCUT2D eigenvalue weighted by Crippen LogP contribution is -2.40. The van der Waals surface area contributed by atoms with Crippen LogP contribution >= 0.6 is 11.3 Å².